The van der Waals surface area contributed by atoms with E-state index in [2.05, 4.69) is 27.3 Å². The number of nitrogens with one attached hydrogen (secondary N) is 1. The molecule has 0 saturated carbocycles. The number of amides is 2. The number of carbonyl (C=O) groups is 2. The predicted octanol–water partition coefficient (Wildman–Crippen LogP) is 3.68. The summed E-state index contributed by atoms with van der Waals surface area (Å²) in [6, 6.07) is 11.5. The van der Waals surface area contributed by atoms with Gasteiger partial charge >= 0.3 is 0 Å². The number of rotatable bonds is 7. The summed E-state index contributed by atoms with van der Waals surface area (Å²) in [7, 11) is 0. The highest BCUT2D eigenvalue weighted by atomic mass is 79.9. The molecule has 2 heterocycles. The maximum Gasteiger partial charge on any atom is 0.240 e. The van der Waals surface area contributed by atoms with Crippen molar-refractivity contribution in [3.05, 3.63) is 45.1 Å². The number of thiophene rings is 1. The van der Waals surface area contributed by atoms with E-state index in [1.54, 1.807) is 29.2 Å². The van der Waals surface area contributed by atoms with E-state index >= 15 is 0 Å². The fraction of sp³-hybridized carbons (Fsp3) is 0.333. The smallest absolute Gasteiger partial charge is 0.240 e. The highest BCUT2D eigenvalue weighted by molar-refractivity contribution is 9.11. The number of halogens is 1. The second-order valence-electron chi connectivity index (χ2n) is 5.65. The fourth-order valence-electron chi connectivity index (χ4n) is 2.56. The van der Waals surface area contributed by atoms with Crippen LogP contribution in [0.4, 0.5) is 5.69 Å². The first-order chi connectivity index (χ1) is 12.6. The van der Waals surface area contributed by atoms with Crippen LogP contribution in [0, 0.1) is 0 Å². The van der Waals surface area contributed by atoms with Gasteiger partial charge in [-0.15, -0.1) is 11.3 Å². The highest BCUT2D eigenvalue weighted by Gasteiger charge is 2.24. The van der Waals surface area contributed by atoms with Crippen LogP contribution in [0.2, 0.25) is 0 Å². The van der Waals surface area contributed by atoms with Crippen molar-refractivity contribution in [3.8, 4) is 5.75 Å². The Kier molecular flexibility index (Phi) is 6.99. The molecule has 0 saturated heterocycles. The number of nitrogens with zero attached hydrogens (tertiary/aromatic N) is 1. The molecule has 2 amide bonds. The average molecular weight is 455 g/mol. The fourth-order valence-corrected chi connectivity index (χ4v) is 5.01. The molecule has 0 bridgehead atoms. The maximum absolute atomic E-state index is 12.3. The minimum Gasteiger partial charge on any atom is -0.491 e. The molecule has 3 rings (SSSR count). The molecule has 1 aromatic carbocycles. The topological polar surface area (TPSA) is 58.6 Å². The Bertz CT molecular complexity index is 781. The predicted molar refractivity (Wildman–Crippen MR) is 110 cm³/mol. The summed E-state index contributed by atoms with van der Waals surface area (Å²) in [6.45, 7) is 0.932. The van der Waals surface area contributed by atoms with Gasteiger partial charge in [0.15, 0.2) is 0 Å². The Morgan fingerprint density at radius 1 is 1.31 bits per heavy atom. The van der Waals surface area contributed by atoms with E-state index in [4.69, 9.17) is 4.74 Å². The third-order valence-electron chi connectivity index (χ3n) is 3.77. The number of hydrogen-bond donors (Lipinski definition) is 1. The molecule has 1 aromatic heterocycles. The number of para-hydroxylation sites is 2. The second kappa shape index (κ2) is 9.43. The Labute approximate surface area is 169 Å². The van der Waals surface area contributed by atoms with Crippen LogP contribution in [0.5, 0.6) is 5.75 Å². The first-order valence-electron chi connectivity index (χ1n) is 8.24. The quantitative estimate of drug-likeness (QED) is 0.648. The van der Waals surface area contributed by atoms with Crippen molar-refractivity contribution < 1.29 is 14.3 Å². The Morgan fingerprint density at radius 2 is 2.15 bits per heavy atom. The lowest BCUT2D eigenvalue weighted by Gasteiger charge is -2.21. The van der Waals surface area contributed by atoms with Gasteiger partial charge in [0.05, 0.1) is 22.5 Å². The minimum atomic E-state index is -0.158. The Morgan fingerprint density at radius 3 is 2.96 bits per heavy atom. The zero-order valence-electron chi connectivity index (χ0n) is 14.1. The van der Waals surface area contributed by atoms with Gasteiger partial charge in [-0.25, -0.2) is 0 Å². The molecule has 0 fully saturated rings. The van der Waals surface area contributed by atoms with E-state index in [0.717, 1.165) is 15.3 Å². The largest absolute Gasteiger partial charge is 0.491 e. The Hall–Kier alpha value is -1.51. The molecule has 8 heteroatoms. The minimum absolute atomic E-state index is 0.0156. The summed E-state index contributed by atoms with van der Waals surface area (Å²) < 4.78 is 6.72. The molecule has 26 heavy (non-hydrogen) atoms. The zero-order valence-corrected chi connectivity index (χ0v) is 17.3. The number of thioether (sulfide) groups is 1. The maximum atomic E-state index is 12.3. The van der Waals surface area contributed by atoms with Gasteiger partial charge < -0.3 is 10.1 Å². The van der Waals surface area contributed by atoms with Crippen LogP contribution in [0.25, 0.3) is 0 Å². The summed E-state index contributed by atoms with van der Waals surface area (Å²) in [4.78, 5) is 27.4. The van der Waals surface area contributed by atoms with E-state index in [9.17, 15) is 9.59 Å². The zero-order chi connectivity index (χ0) is 18.4. The van der Waals surface area contributed by atoms with Crippen molar-refractivity contribution in [1.82, 2.24) is 5.32 Å². The van der Waals surface area contributed by atoms with Gasteiger partial charge in [0, 0.05) is 22.9 Å². The molecular weight excluding hydrogens is 436 g/mol. The number of ether oxygens (including phenoxy) is 1. The third kappa shape index (κ3) is 5.25. The standard InChI is InChI=1S/C18H19BrN2O3S2/c19-16-6-5-13(26-16)12-25-10-8-20-17(22)11-21-14-3-1-2-4-15(14)24-9-7-18(21)23/h1-6H,7-12H2,(H,20,22). The van der Waals surface area contributed by atoms with Crippen LogP contribution in [-0.4, -0.2) is 37.3 Å². The van der Waals surface area contributed by atoms with E-state index < -0.39 is 0 Å². The van der Waals surface area contributed by atoms with Crippen molar-refractivity contribution >= 4 is 56.5 Å². The summed E-state index contributed by atoms with van der Waals surface area (Å²) in [5.74, 6) is 2.15. The number of fused-ring (bicyclic) bond motifs is 1. The molecule has 0 radical (unpaired) electrons. The normalized spacial score (nSPS) is 13.7. The molecule has 0 unspecified atom stereocenters. The molecule has 0 aliphatic carbocycles. The van der Waals surface area contributed by atoms with Crippen molar-refractivity contribution in [2.24, 2.45) is 0 Å². The molecule has 1 N–H and O–H groups in total. The molecule has 2 aromatic rings. The van der Waals surface area contributed by atoms with Gasteiger partial charge in [-0.05, 0) is 40.2 Å². The number of anilines is 1. The number of hydrogen-bond acceptors (Lipinski definition) is 5. The molecule has 5 nitrogen and oxygen atoms in total. The van der Waals surface area contributed by atoms with E-state index in [1.807, 2.05) is 24.3 Å². The van der Waals surface area contributed by atoms with Crippen LogP contribution in [-0.2, 0) is 15.3 Å². The van der Waals surface area contributed by atoms with Gasteiger partial charge in [-0.1, -0.05) is 12.1 Å². The van der Waals surface area contributed by atoms with Gasteiger partial charge in [0.2, 0.25) is 11.8 Å². The van der Waals surface area contributed by atoms with Crippen molar-refractivity contribution in [1.29, 1.82) is 0 Å². The first-order valence-corrected chi connectivity index (χ1v) is 11.0. The van der Waals surface area contributed by atoms with Crippen LogP contribution in [0.15, 0.2) is 40.2 Å². The molecule has 0 spiro atoms. The van der Waals surface area contributed by atoms with E-state index in [0.29, 0.717) is 24.6 Å². The molecule has 0 atom stereocenters. The molecule has 1 aliphatic rings. The molecule has 138 valence electrons. The number of carbonyl (C=O) groups excluding carboxylic acids is 2. The van der Waals surface area contributed by atoms with Crippen molar-refractivity contribution in [3.63, 3.8) is 0 Å². The highest BCUT2D eigenvalue weighted by Crippen LogP contribution is 2.30. The number of benzene rings is 1. The SMILES string of the molecule is O=C(CN1C(=O)CCOc2ccccc21)NCCSCc1ccc(Br)s1. The first kappa shape index (κ1) is 19.3. The summed E-state index contributed by atoms with van der Waals surface area (Å²) in [6.07, 6.45) is 0.272. The average Bonchev–Trinajstić information content (AvgIpc) is 2.98. The third-order valence-corrected chi connectivity index (χ3v) is 6.59. The lowest BCUT2D eigenvalue weighted by Crippen LogP contribution is -2.41. The lowest BCUT2D eigenvalue weighted by molar-refractivity contribution is -0.123. The summed E-state index contributed by atoms with van der Waals surface area (Å²) >= 11 is 6.95. The monoisotopic (exact) mass is 454 g/mol. The summed E-state index contributed by atoms with van der Waals surface area (Å²) in [5, 5.41) is 2.89. The van der Waals surface area contributed by atoms with Crippen LogP contribution in [0.3, 0.4) is 0 Å². The van der Waals surface area contributed by atoms with Crippen LogP contribution < -0.4 is 15.0 Å². The van der Waals surface area contributed by atoms with Gasteiger partial charge in [-0.2, -0.15) is 11.8 Å². The van der Waals surface area contributed by atoms with E-state index in [-0.39, 0.29) is 24.8 Å². The van der Waals surface area contributed by atoms with E-state index in [1.165, 1.54) is 9.78 Å². The van der Waals surface area contributed by atoms with Crippen molar-refractivity contribution in [2.75, 3.05) is 30.3 Å². The van der Waals surface area contributed by atoms with Gasteiger partial charge in [0.25, 0.3) is 0 Å². The van der Waals surface area contributed by atoms with Gasteiger partial charge in [0.1, 0.15) is 12.3 Å². The molecular formula is C18H19BrN2O3S2. The van der Waals surface area contributed by atoms with Crippen LogP contribution in [0.1, 0.15) is 11.3 Å². The Balaban J connectivity index is 1.46. The van der Waals surface area contributed by atoms with Crippen LogP contribution >= 0.6 is 39.0 Å². The van der Waals surface area contributed by atoms with Crippen molar-refractivity contribution in [2.45, 2.75) is 12.2 Å². The second-order valence-corrected chi connectivity index (χ2v) is 9.31. The lowest BCUT2D eigenvalue weighted by atomic mass is 10.2. The van der Waals surface area contributed by atoms with Gasteiger partial charge in [-0.3, -0.25) is 14.5 Å². The summed E-state index contributed by atoms with van der Waals surface area (Å²) in [5.41, 5.74) is 0.655. The molecule has 1 aliphatic heterocycles.